The van der Waals surface area contributed by atoms with E-state index in [4.69, 9.17) is 4.74 Å². The highest BCUT2D eigenvalue weighted by Crippen LogP contribution is 2.31. The lowest BCUT2D eigenvalue weighted by Crippen LogP contribution is -2.35. The van der Waals surface area contributed by atoms with Gasteiger partial charge in [0.25, 0.3) is 0 Å². The number of nitrogens with zero attached hydrogens (tertiary/aromatic N) is 1. The van der Waals surface area contributed by atoms with Crippen LogP contribution in [-0.4, -0.2) is 29.9 Å². The zero-order valence-electron chi connectivity index (χ0n) is 17.8. The second-order valence-electron chi connectivity index (χ2n) is 7.58. The molecule has 3 aromatic rings. The molecular weight excluding hydrogens is 435 g/mol. The SMILES string of the molecule is CC(c1cccc2ccccc12)N(CCCc1cccc(C(F)(F)F)c1)C(=O)OCCS. The number of rotatable bonds is 8. The van der Waals surface area contributed by atoms with Gasteiger partial charge in [0, 0.05) is 12.3 Å². The third-order valence-corrected chi connectivity index (χ3v) is 5.59. The molecule has 0 aromatic heterocycles. The van der Waals surface area contributed by atoms with E-state index in [0.29, 0.717) is 30.7 Å². The minimum absolute atomic E-state index is 0.189. The summed E-state index contributed by atoms with van der Waals surface area (Å²) in [5.41, 5.74) is 0.912. The van der Waals surface area contributed by atoms with Gasteiger partial charge in [-0.1, -0.05) is 60.7 Å². The summed E-state index contributed by atoms with van der Waals surface area (Å²) < 4.78 is 44.3. The van der Waals surface area contributed by atoms with Gasteiger partial charge < -0.3 is 9.64 Å². The second-order valence-corrected chi connectivity index (χ2v) is 8.02. The van der Waals surface area contributed by atoms with E-state index in [1.165, 1.54) is 6.07 Å². The van der Waals surface area contributed by atoms with Gasteiger partial charge in [-0.2, -0.15) is 25.8 Å². The van der Waals surface area contributed by atoms with E-state index in [1.54, 1.807) is 11.0 Å². The zero-order chi connectivity index (χ0) is 23.1. The van der Waals surface area contributed by atoms with Crippen LogP contribution < -0.4 is 0 Å². The van der Waals surface area contributed by atoms with Gasteiger partial charge in [-0.15, -0.1) is 0 Å². The molecule has 0 fully saturated rings. The van der Waals surface area contributed by atoms with Crippen LogP contribution in [0.15, 0.2) is 66.7 Å². The molecule has 0 saturated heterocycles. The van der Waals surface area contributed by atoms with Gasteiger partial charge in [-0.05, 0) is 47.7 Å². The molecule has 3 aromatic carbocycles. The average Bonchev–Trinajstić information content (AvgIpc) is 2.79. The predicted octanol–water partition coefficient (Wildman–Crippen LogP) is 6.92. The number of hydrogen-bond donors (Lipinski definition) is 1. The van der Waals surface area contributed by atoms with Crippen LogP contribution in [0, 0.1) is 0 Å². The van der Waals surface area contributed by atoms with E-state index >= 15 is 0 Å². The molecule has 0 N–H and O–H groups in total. The number of carbonyl (C=O) groups excluding carboxylic acids is 1. The lowest BCUT2D eigenvalue weighted by Gasteiger charge is -2.29. The summed E-state index contributed by atoms with van der Waals surface area (Å²) in [5, 5.41) is 2.12. The normalized spacial score (nSPS) is 12.5. The van der Waals surface area contributed by atoms with Crippen molar-refractivity contribution in [2.45, 2.75) is 32.0 Å². The molecule has 1 atom stereocenters. The fourth-order valence-electron chi connectivity index (χ4n) is 3.80. The van der Waals surface area contributed by atoms with Gasteiger partial charge in [0.15, 0.2) is 0 Å². The summed E-state index contributed by atoms with van der Waals surface area (Å²) in [6, 6.07) is 18.9. The predicted molar refractivity (Wildman–Crippen MR) is 124 cm³/mol. The van der Waals surface area contributed by atoms with Crippen LogP contribution in [0.1, 0.15) is 36.1 Å². The maximum atomic E-state index is 13.0. The molecule has 0 saturated carbocycles. The molecule has 7 heteroatoms. The number of amides is 1. The number of halogens is 3. The van der Waals surface area contributed by atoms with Gasteiger partial charge in [0.2, 0.25) is 0 Å². The van der Waals surface area contributed by atoms with Crippen LogP contribution >= 0.6 is 12.6 Å². The highest BCUT2D eigenvalue weighted by atomic mass is 32.1. The first kappa shape index (κ1) is 24.0. The topological polar surface area (TPSA) is 29.5 Å². The van der Waals surface area contributed by atoms with E-state index in [-0.39, 0.29) is 12.6 Å². The molecular formula is C25H26F3NO2S. The van der Waals surface area contributed by atoms with Crippen molar-refractivity contribution in [3.63, 3.8) is 0 Å². The summed E-state index contributed by atoms with van der Waals surface area (Å²) in [6.45, 7) is 2.48. The minimum atomic E-state index is -4.37. The fraction of sp³-hybridized carbons (Fsp3) is 0.320. The number of benzene rings is 3. The Balaban J connectivity index is 1.78. The first-order chi connectivity index (χ1) is 15.3. The van der Waals surface area contributed by atoms with E-state index in [1.807, 2.05) is 49.4 Å². The Morgan fingerprint density at radius 3 is 2.53 bits per heavy atom. The first-order valence-electron chi connectivity index (χ1n) is 10.5. The van der Waals surface area contributed by atoms with Crippen LogP contribution in [0.4, 0.5) is 18.0 Å². The number of carbonyl (C=O) groups is 1. The van der Waals surface area contributed by atoms with Crippen LogP contribution in [-0.2, 0) is 17.3 Å². The molecule has 0 spiro atoms. The Kier molecular flexibility index (Phi) is 8.07. The zero-order valence-corrected chi connectivity index (χ0v) is 18.7. The van der Waals surface area contributed by atoms with Crippen LogP contribution in [0.5, 0.6) is 0 Å². The summed E-state index contributed by atoms with van der Waals surface area (Å²) in [4.78, 5) is 14.4. The number of aryl methyl sites for hydroxylation is 1. The molecule has 0 aliphatic rings. The molecule has 170 valence electrons. The Morgan fingerprint density at radius 1 is 1.06 bits per heavy atom. The number of thiol groups is 1. The quantitative estimate of drug-likeness (QED) is 0.369. The molecule has 0 aliphatic carbocycles. The van der Waals surface area contributed by atoms with Crippen molar-refractivity contribution in [1.82, 2.24) is 4.90 Å². The lowest BCUT2D eigenvalue weighted by atomic mass is 9.98. The van der Waals surface area contributed by atoms with Gasteiger partial charge in [0.1, 0.15) is 6.61 Å². The minimum Gasteiger partial charge on any atom is -0.449 e. The van der Waals surface area contributed by atoms with Gasteiger partial charge in [-0.3, -0.25) is 0 Å². The summed E-state index contributed by atoms with van der Waals surface area (Å²) in [6.07, 6.45) is -3.90. The van der Waals surface area contributed by atoms with E-state index in [0.717, 1.165) is 28.5 Å². The van der Waals surface area contributed by atoms with E-state index < -0.39 is 17.8 Å². The Hall–Kier alpha value is -2.67. The van der Waals surface area contributed by atoms with E-state index in [2.05, 4.69) is 12.6 Å². The number of alkyl halides is 3. The summed E-state index contributed by atoms with van der Waals surface area (Å²) >= 11 is 4.10. The molecule has 32 heavy (non-hydrogen) atoms. The van der Waals surface area contributed by atoms with Crippen molar-refractivity contribution < 1.29 is 22.7 Å². The molecule has 0 aliphatic heterocycles. The molecule has 1 amide bonds. The molecule has 3 rings (SSSR count). The van der Waals surface area contributed by atoms with Crippen molar-refractivity contribution in [3.8, 4) is 0 Å². The van der Waals surface area contributed by atoms with E-state index in [9.17, 15) is 18.0 Å². The third kappa shape index (κ3) is 5.97. The fourth-order valence-corrected chi connectivity index (χ4v) is 3.89. The summed E-state index contributed by atoms with van der Waals surface area (Å²) in [7, 11) is 0. The van der Waals surface area contributed by atoms with Crippen LogP contribution in [0.3, 0.4) is 0 Å². The third-order valence-electron chi connectivity index (χ3n) is 5.41. The van der Waals surface area contributed by atoms with Crippen LogP contribution in [0.2, 0.25) is 0 Å². The number of ether oxygens (including phenoxy) is 1. The molecule has 3 nitrogen and oxygen atoms in total. The maximum Gasteiger partial charge on any atom is 0.416 e. The average molecular weight is 462 g/mol. The number of fused-ring (bicyclic) bond motifs is 1. The van der Waals surface area contributed by atoms with Crippen molar-refractivity contribution in [1.29, 1.82) is 0 Å². The standard InChI is InChI=1S/C25H26F3NO2S/c1-18(22-13-5-10-20-9-2-3-12-23(20)22)29(24(30)31-15-16-32)14-6-8-19-7-4-11-21(17-19)25(26,27)28/h2-5,7,9-13,17-18,32H,6,8,14-16H2,1H3. The van der Waals surface area contributed by atoms with Crippen LogP contribution in [0.25, 0.3) is 10.8 Å². The van der Waals surface area contributed by atoms with Gasteiger partial charge in [-0.25, -0.2) is 4.79 Å². The Labute approximate surface area is 191 Å². The molecule has 0 radical (unpaired) electrons. The van der Waals surface area contributed by atoms with Gasteiger partial charge >= 0.3 is 12.3 Å². The van der Waals surface area contributed by atoms with Gasteiger partial charge in [0.05, 0.1) is 11.6 Å². The second kappa shape index (κ2) is 10.8. The Bertz CT molecular complexity index is 1050. The first-order valence-corrected chi connectivity index (χ1v) is 11.1. The molecule has 0 bridgehead atoms. The summed E-state index contributed by atoms with van der Waals surface area (Å²) in [5.74, 6) is 0.409. The lowest BCUT2D eigenvalue weighted by molar-refractivity contribution is -0.137. The van der Waals surface area contributed by atoms with Crippen molar-refractivity contribution >= 4 is 29.5 Å². The molecule has 1 unspecified atom stereocenters. The monoisotopic (exact) mass is 461 g/mol. The molecule has 0 heterocycles. The smallest absolute Gasteiger partial charge is 0.416 e. The highest BCUT2D eigenvalue weighted by Gasteiger charge is 2.30. The number of hydrogen-bond acceptors (Lipinski definition) is 3. The largest absolute Gasteiger partial charge is 0.449 e. The van der Waals surface area contributed by atoms with Crippen molar-refractivity contribution in [3.05, 3.63) is 83.4 Å². The maximum absolute atomic E-state index is 13.0. The van der Waals surface area contributed by atoms with Crippen molar-refractivity contribution in [2.75, 3.05) is 18.9 Å². The van der Waals surface area contributed by atoms with Crippen molar-refractivity contribution in [2.24, 2.45) is 0 Å². The highest BCUT2D eigenvalue weighted by molar-refractivity contribution is 7.80. The Morgan fingerprint density at radius 2 is 1.78 bits per heavy atom.